The first kappa shape index (κ1) is 9.75. The van der Waals surface area contributed by atoms with Crippen LogP contribution in [0.1, 0.15) is 39.0 Å². The third-order valence-corrected chi connectivity index (χ3v) is 3.23. The van der Waals surface area contributed by atoms with Crippen LogP contribution in [0, 0.1) is 5.92 Å². The molecule has 0 aliphatic heterocycles. The van der Waals surface area contributed by atoms with E-state index in [1.165, 1.54) is 12.8 Å². The van der Waals surface area contributed by atoms with E-state index < -0.39 is 0 Å². The molecule has 0 aromatic carbocycles. The topological polar surface area (TPSA) is 20.3 Å². The monoisotopic (exact) mass is 193 g/mol. The first-order chi connectivity index (χ1) is 6.83. The quantitative estimate of drug-likeness (QED) is 0.630. The van der Waals surface area contributed by atoms with Gasteiger partial charge >= 0.3 is 0 Å². The van der Waals surface area contributed by atoms with Gasteiger partial charge in [0.05, 0.1) is 0 Å². The SMILES string of the molecule is CCN(C(=O)[C@H]1CC=CCC1)C1CC1. The molecule has 0 aromatic heterocycles. The highest BCUT2D eigenvalue weighted by atomic mass is 16.2. The van der Waals surface area contributed by atoms with Crippen LogP contribution >= 0.6 is 0 Å². The zero-order chi connectivity index (χ0) is 9.97. The fraction of sp³-hybridized carbons (Fsp3) is 0.750. The van der Waals surface area contributed by atoms with E-state index in [0.717, 1.165) is 25.8 Å². The molecular weight excluding hydrogens is 174 g/mol. The van der Waals surface area contributed by atoms with Crippen molar-refractivity contribution in [1.82, 2.24) is 4.90 Å². The van der Waals surface area contributed by atoms with Crippen molar-refractivity contribution >= 4 is 5.91 Å². The van der Waals surface area contributed by atoms with Gasteiger partial charge in [0.2, 0.25) is 5.91 Å². The van der Waals surface area contributed by atoms with Gasteiger partial charge in [-0.05, 0) is 39.0 Å². The number of carbonyl (C=O) groups excluding carboxylic acids is 1. The van der Waals surface area contributed by atoms with E-state index in [4.69, 9.17) is 0 Å². The standard InChI is InChI=1S/C12H19NO/c1-2-13(11-8-9-11)12(14)10-6-4-3-5-7-10/h3-4,10-11H,2,5-9H2,1H3/t10-/m0/s1. The Balaban J connectivity index is 1.94. The summed E-state index contributed by atoms with van der Waals surface area (Å²) in [6, 6.07) is 0.582. The smallest absolute Gasteiger partial charge is 0.226 e. The van der Waals surface area contributed by atoms with Crippen LogP contribution in [-0.2, 0) is 4.79 Å². The summed E-state index contributed by atoms with van der Waals surface area (Å²) in [5.41, 5.74) is 0. The van der Waals surface area contributed by atoms with Crippen LogP contribution in [0.5, 0.6) is 0 Å². The van der Waals surface area contributed by atoms with Gasteiger partial charge < -0.3 is 4.90 Å². The molecule has 0 bridgehead atoms. The largest absolute Gasteiger partial charge is 0.340 e. The number of hydrogen-bond acceptors (Lipinski definition) is 1. The van der Waals surface area contributed by atoms with Crippen LogP contribution in [0.15, 0.2) is 12.2 Å². The van der Waals surface area contributed by atoms with E-state index in [-0.39, 0.29) is 5.92 Å². The van der Waals surface area contributed by atoms with E-state index in [2.05, 4.69) is 24.0 Å². The van der Waals surface area contributed by atoms with Crippen LogP contribution in [0.3, 0.4) is 0 Å². The maximum Gasteiger partial charge on any atom is 0.226 e. The summed E-state index contributed by atoms with van der Waals surface area (Å²) in [6.07, 6.45) is 9.90. The summed E-state index contributed by atoms with van der Waals surface area (Å²) < 4.78 is 0. The first-order valence-corrected chi connectivity index (χ1v) is 5.78. The number of nitrogens with zero attached hydrogens (tertiary/aromatic N) is 1. The van der Waals surface area contributed by atoms with Gasteiger partial charge in [0, 0.05) is 18.5 Å². The van der Waals surface area contributed by atoms with Crippen LogP contribution < -0.4 is 0 Å². The van der Waals surface area contributed by atoms with Crippen molar-refractivity contribution < 1.29 is 4.79 Å². The molecule has 2 aliphatic carbocycles. The lowest BCUT2D eigenvalue weighted by Gasteiger charge is -2.26. The molecule has 1 fully saturated rings. The Morgan fingerprint density at radius 3 is 2.64 bits per heavy atom. The van der Waals surface area contributed by atoms with E-state index in [1.807, 2.05) is 0 Å². The number of hydrogen-bond donors (Lipinski definition) is 0. The third-order valence-electron chi connectivity index (χ3n) is 3.23. The van der Waals surface area contributed by atoms with Gasteiger partial charge in [0.1, 0.15) is 0 Å². The lowest BCUT2D eigenvalue weighted by Crippen LogP contribution is -2.38. The summed E-state index contributed by atoms with van der Waals surface area (Å²) in [6.45, 7) is 2.98. The average Bonchev–Trinajstić information content (AvgIpc) is 3.04. The molecule has 2 rings (SSSR count). The minimum Gasteiger partial charge on any atom is -0.340 e. The molecule has 78 valence electrons. The van der Waals surface area contributed by atoms with Crippen molar-refractivity contribution in [3.05, 3.63) is 12.2 Å². The molecule has 1 saturated carbocycles. The number of rotatable bonds is 3. The molecule has 0 spiro atoms. The molecule has 14 heavy (non-hydrogen) atoms. The summed E-state index contributed by atoms with van der Waals surface area (Å²) in [4.78, 5) is 14.2. The van der Waals surface area contributed by atoms with Gasteiger partial charge in [-0.1, -0.05) is 12.2 Å². The Hall–Kier alpha value is -0.790. The maximum absolute atomic E-state index is 12.1. The Labute approximate surface area is 86.0 Å². The lowest BCUT2D eigenvalue weighted by molar-refractivity contribution is -0.136. The van der Waals surface area contributed by atoms with Crippen LogP contribution in [0.2, 0.25) is 0 Å². The van der Waals surface area contributed by atoms with Crippen LogP contribution in [-0.4, -0.2) is 23.4 Å². The van der Waals surface area contributed by atoms with E-state index >= 15 is 0 Å². The Morgan fingerprint density at radius 2 is 2.14 bits per heavy atom. The molecule has 2 heteroatoms. The van der Waals surface area contributed by atoms with Crippen molar-refractivity contribution in [3.63, 3.8) is 0 Å². The summed E-state index contributed by atoms with van der Waals surface area (Å²) >= 11 is 0. The van der Waals surface area contributed by atoms with E-state index in [9.17, 15) is 4.79 Å². The van der Waals surface area contributed by atoms with Crippen molar-refractivity contribution in [2.45, 2.75) is 45.1 Å². The predicted octanol–water partition coefficient (Wildman–Crippen LogP) is 2.35. The van der Waals surface area contributed by atoms with Crippen molar-refractivity contribution in [2.24, 2.45) is 5.92 Å². The van der Waals surface area contributed by atoms with Gasteiger partial charge in [0.15, 0.2) is 0 Å². The molecule has 0 radical (unpaired) electrons. The fourth-order valence-corrected chi connectivity index (χ4v) is 2.23. The molecule has 0 heterocycles. The maximum atomic E-state index is 12.1. The van der Waals surface area contributed by atoms with Gasteiger partial charge in [-0.25, -0.2) is 0 Å². The minimum atomic E-state index is 0.278. The molecule has 0 N–H and O–H groups in total. The second-order valence-electron chi connectivity index (χ2n) is 4.34. The zero-order valence-corrected chi connectivity index (χ0v) is 8.91. The molecule has 0 aromatic rings. The normalized spacial score (nSPS) is 26.2. The molecule has 2 aliphatic rings. The Morgan fingerprint density at radius 1 is 1.36 bits per heavy atom. The molecule has 1 atom stereocenters. The highest BCUT2D eigenvalue weighted by molar-refractivity contribution is 5.79. The third kappa shape index (κ3) is 1.99. The molecule has 2 nitrogen and oxygen atoms in total. The number of amides is 1. The summed E-state index contributed by atoms with van der Waals surface area (Å²) in [7, 11) is 0. The molecular formula is C12H19NO. The number of carbonyl (C=O) groups is 1. The average molecular weight is 193 g/mol. The number of allylic oxidation sites excluding steroid dienone is 2. The van der Waals surface area contributed by atoms with Gasteiger partial charge in [-0.15, -0.1) is 0 Å². The Bertz CT molecular complexity index is 243. The highest BCUT2D eigenvalue weighted by Crippen LogP contribution is 2.30. The van der Waals surface area contributed by atoms with Gasteiger partial charge in [-0.3, -0.25) is 4.79 Å². The molecule has 1 amide bonds. The summed E-state index contributed by atoms with van der Waals surface area (Å²) in [5, 5.41) is 0. The fourth-order valence-electron chi connectivity index (χ4n) is 2.23. The minimum absolute atomic E-state index is 0.278. The van der Waals surface area contributed by atoms with Gasteiger partial charge in [-0.2, -0.15) is 0 Å². The van der Waals surface area contributed by atoms with Crippen LogP contribution in [0.25, 0.3) is 0 Å². The molecule has 0 saturated heterocycles. The van der Waals surface area contributed by atoms with Crippen molar-refractivity contribution in [3.8, 4) is 0 Å². The Kier molecular flexibility index (Phi) is 2.90. The second-order valence-corrected chi connectivity index (χ2v) is 4.34. The lowest BCUT2D eigenvalue weighted by atomic mass is 9.93. The predicted molar refractivity (Wildman–Crippen MR) is 56.9 cm³/mol. The molecule has 0 unspecified atom stereocenters. The van der Waals surface area contributed by atoms with Crippen LogP contribution in [0.4, 0.5) is 0 Å². The van der Waals surface area contributed by atoms with E-state index in [1.54, 1.807) is 0 Å². The van der Waals surface area contributed by atoms with Crippen molar-refractivity contribution in [1.29, 1.82) is 0 Å². The zero-order valence-electron chi connectivity index (χ0n) is 8.91. The van der Waals surface area contributed by atoms with Crippen molar-refractivity contribution in [2.75, 3.05) is 6.54 Å². The highest BCUT2D eigenvalue weighted by Gasteiger charge is 2.34. The summed E-state index contributed by atoms with van der Waals surface area (Å²) in [5.74, 6) is 0.680. The van der Waals surface area contributed by atoms with Gasteiger partial charge in [0.25, 0.3) is 0 Å². The van der Waals surface area contributed by atoms with E-state index in [0.29, 0.717) is 11.9 Å². The first-order valence-electron chi connectivity index (χ1n) is 5.78. The second kappa shape index (κ2) is 4.16.